The van der Waals surface area contributed by atoms with Crippen LogP contribution in [-0.2, 0) is 19.6 Å². The lowest BCUT2D eigenvalue weighted by molar-refractivity contribution is -0.862. The van der Waals surface area contributed by atoms with Crippen LogP contribution in [0.2, 0.25) is 0 Å². The van der Waals surface area contributed by atoms with Gasteiger partial charge in [0.1, 0.15) is 0 Å². The molecule has 162 valence electrons. The fourth-order valence-electron chi connectivity index (χ4n) is 3.62. The minimum Gasteiger partial charge on any atom is -0.344 e. The molecule has 1 heterocycles. The van der Waals surface area contributed by atoms with E-state index < -0.39 is 10.0 Å². The molecule has 3 atom stereocenters. The molecule has 1 aliphatic heterocycles. The van der Waals surface area contributed by atoms with E-state index in [9.17, 15) is 18.0 Å². The van der Waals surface area contributed by atoms with Crippen molar-refractivity contribution in [2.75, 3.05) is 52.6 Å². The molecule has 1 aromatic carbocycles. The Labute approximate surface area is 173 Å². The molecular weight excluding hydrogens is 392 g/mol. The molecule has 2 amide bonds. The SMILES string of the molecule is C[C@@H]1C[C@@H](C)CN(S(=O)(=O)c2ccc(NC(=O)C[NH+](C)CC(=O)N(C)C)cc2)C1. The summed E-state index contributed by atoms with van der Waals surface area (Å²) in [4.78, 5) is 26.4. The molecule has 29 heavy (non-hydrogen) atoms. The molecule has 1 fully saturated rings. The van der Waals surface area contributed by atoms with Crippen molar-refractivity contribution >= 4 is 27.5 Å². The number of carbonyl (C=O) groups is 2. The van der Waals surface area contributed by atoms with E-state index in [-0.39, 0.29) is 29.8 Å². The van der Waals surface area contributed by atoms with Gasteiger partial charge in [0, 0.05) is 32.9 Å². The smallest absolute Gasteiger partial charge is 0.279 e. The molecule has 1 aromatic rings. The van der Waals surface area contributed by atoms with Crippen LogP contribution in [0.25, 0.3) is 0 Å². The number of rotatable bonds is 7. The number of hydrogen-bond donors (Lipinski definition) is 2. The minimum atomic E-state index is -3.54. The first-order valence-corrected chi connectivity index (χ1v) is 11.3. The summed E-state index contributed by atoms with van der Waals surface area (Å²) in [6.07, 6.45) is 1.04. The van der Waals surface area contributed by atoms with Crippen LogP contribution in [-0.4, -0.2) is 76.8 Å². The fraction of sp³-hybridized carbons (Fsp3) is 0.600. The summed E-state index contributed by atoms with van der Waals surface area (Å²) in [6, 6.07) is 6.26. The third-order valence-electron chi connectivity index (χ3n) is 5.03. The zero-order valence-electron chi connectivity index (χ0n) is 17.9. The predicted octanol–water partition coefficient (Wildman–Crippen LogP) is -0.105. The Morgan fingerprint density at radius 1 is 1.10 bits per heavy atom. The van der Waals surface area contributed by atoms with Crippen molar-refractivity contribution in [2.45, 2.75) is 25.2 Å². The zero-order chi connectivity index (χ0) is 21.8. The highest BCUT2D eigenvalue weighted by Gasteiger charge is 2.31. The van der Waals surface area contributed by atoms with Crippen molar-refractivity contribution in [3.05, 3.63) is 24.3 Å². The van der Waals surface area contributed by atoms with Gasteiger partial charge in [0.05, 0.1) is 11.9 Å². The molecule has 1 aliphatic rings. The number of benzene rings is 1. The molecule has 9 heteroatoms. The van der Waals surface area contributed by atoms with Crippen LogP contribution >= 0.6 is 0 Å². The lowest BCUT2D eigenvalue weighted by atomic mass is 9.94. The molecule has 0 spiro atoms. The van der Waals surface area contributed by atoms with Gasteiger partial charge in [-0.1, -0.05) is 13.8 Å². The lowest BCUT2D eigenvalue weighted by Gasteiger charge is -2.34. The van der Waals surface area contributed by atoms with Gasteiger partial charge in [-0.2, -0.15) is 4.31 Å². The number of carbonyl (C=O) groups excluding carboxylic acids is 2. The molecule has 2 rings (SSSR count). The molecule has 8 nitrogen and oxygen atoms in total. The van der Waals surface area contributed by atoms with Crippen molar-refractivity contribution in [3.8, 4) is 0 Å². The summed E-state index contributed by atoms with van der Waals surface area (Å²) in [5, 5.41) is 2.75. The van der Waals surface area contributed by atoms with Gasteiger partial charge in [-0.15, -0.1) is 0 Å². The van der Waals surface area contributed by atoms with E-state index in [1.54, 1.807) is 37.6 Å². The normalized spacial score (nSPS) is 21.4. The Hall–Kier alpha value is -1.97. The highest BCUT2D eigenvalue weighted by atomic mass is 32.2. The Morgan fingerprint density at radius 2 is 1.66 bits per heavy atom. The topological polar surface area (TPSA) is 91.2 Å². The van der Waals surface area contributed by atoms with Crippen LogP contribution in [0.4, 0.5) is 5.69 Å². The average molecular weight is 426 g/mol. The summed E-state index contributed by atoms with van der Waals surface area (Å²) < 4.78 is 27.4. The highest BCUT2D eigenvalue weighted by molar-refractivity contribution is 7.89. The number of nitrogens with one attached hydrogen (secondary N) is 2. The molecule has 0 aromatic heterocycles. The molecule has 1 saturated heterocycles. The molecule has 1 unspecified atom stereocenters. The number of anilines is 1. The molecule has 0 radical (unpaired) electrons. The second kappa shape index (κ2) is 9.69. The predicted molar refractivity (Wildman–Crippen MR) is 112 cm³/mol. The van der Waals surface area contributed by atoms with Gasteiger partial charge in [-0.25, -0.2) is 8.42 Å². The largest absolute Gasteiger partial charge is 0.344 e. The first-order valence-electron chi connectivity index (χ1n) is 9.90. The Kier molecular flexibility index (Phi) is 7.79. The molecule has 0 saturated carbocycles. The van der Waals surface area contributed by atoms with Gasteiger partial charge in [-0.3, -0.25) is 9.59 Å². The Morgan fingerprint density at radius 3 is 2.17 bits per heavy atom. The van der Waals surface area contributed by atoms with Crippen LogP contribution in [0.5, 0.6) is 0 Å². The van der Waals surface area contributed by atoms with E-state index in [1.165, 1.54) is 17.0 Å². The van der Waals surface area contributed by atoms with E-state index in [0.29, 0.717) is 30.6 Å². The van der Waals surface area contributed by atoms with Crippen LogP contribution < -0.4 is 10.2 Å². The molecular formula is C20H33N4O4S+. The van der Waals surface area contributed by atoms with Crippen molar-refractivity contribution in [3.63, 3.8) is 0 Å². The van der Waals surface area contributed by atoms with Crippen LogP contribution in [0, 0.1) is 11.8 Å². The van der Waals surface area contributed by atoms with Crippen LogP contribution in [0.1, 0.15) is 20.3 Å². The average Bonchev–Trinajstić information content (AvgIpc) is 2.60. The quantitative estimate of drug-likeness (QED) is 0.638. The lowest BCUT2D eigenvalue weighted by Crippen LogP contribution is -3.11. The third kappa shape index (κ3) is 6.52. The Bertz CT molecular complexity index is 813. The van der Waals surface area contributed by atoms with Crippen molar-refractivity contribution in [1.29, 1.82) is 0 Å². The maximum atomic E-state index is 12.9. The second-order valence-corrected chi connectivity index (χ2v) is 10.4. The second-order valence-electron chi connectivity index (χ2n) is 8.44. The number of quaternary nitrogens is 1. The highest BCUT2D eigenvalue weighted by Crippen LogP contribution is 2.27. The van der Waals surface area contributed by atoms with Crippen molar-refractivity contribution in [2.24, 2.45) is 11.8 Å². The minimum absolute atomic E-state index is 0.0498. The first kappa shape index (κ1) is 23.3. The summed E-state index contributed by atoms with van der Waals surface area (Å²) in [5.41, 5.74) is 0.529. The maximum absolute atomic E-state index is 12.9. The fourth-order valence-corrected chi connectivity index (χ4v) is 5.30. The molecule has 0 aliphatic carbocycles. The van der Waals surface area contributed by atoms with E-state index in [2.05, 4.69) is 19.2 Å². The number of nitrogens with zero attached hydrogens (tertiary/aromatic N) is 2. The maximum Gasteiger partial charge on any atom is 0.279 e. The molecule has 2 N–H and O–H groups in total. The van der Waals surface area contributed by atoms with Crippen LogP contribution in [0.15, 0.2) is 29.2 Å². The standard InChI is InChI=1S/C20H32N4O4S/c1-15-10-16(2)12-24(11-15)29(27,28)18-8-6-17(7-9-18)21-19(25)13-23(5)14-20(26)22(3)4/h6-9,15-16H,10-14H2,1-5H3,(H,21,25)/p+1/t15-,16-/m1/s1. The van der Waals surface area contributed by atoms with Gasteiger partial charge in [0.2, 0.25) is 10.0 Å². The Balaban J connectivity index is 1.97. The summed E-state index contributed by atoms with van der Waals surface area (Å²) in [7, 11) is 1.59. The molecule has 0 bridgehead atoms. The van der Waals surface area contributed by atoms with E-state index in [0.717, 1.165) is 11.3 Å². The van der Waals surface area contributed by atoms with Gasteiger partial charge in [0.25, 0.3) is 11.8 Å². The third-order valence-corrected chi connectivity index (χ3v) is 6.87. The van der Waals surface area contributed by atoms with Gasteiger partial charge >= 0.3 is 0 Å². The number of likely N-dealkylation sites (N-methyl/N-ethyl adjacent to an activating group) is 2. The van der Waals surface area contributed by atoms with E-state index >= 15 is 0 Å². The van der Waals surface area contributed by atoms with E-state index in [4.69, 9.17) is 0 Å². The van der Waals surface area contributed by atoms with Crippen molar-refractivity contribution in [1.82, 2.24) is 9.21 Å². The number of piperidine rings is 1. The first-order chi connectivity index (χ1) is 13.5. The summed E-state index contributed by atoms with van der Waals surface area (Å²) in [6.45, 7) is 5.58. The van der Waals surface area contributed by atoms with Gasteiger partial charge < -0.3 is 15.1 Å². The summed E-state index contributed by atoms with van der Waals surface area (Å²) in [5.74, 6) is 0.395. The van der Waals surface area contributed by atoms with Gasteiger partial charge in [0.15, 0.2) is 13.1 Å². The summed E-state index contributed by atoms with van der Waals surface area (Å²) >= 11 is 0. The zero-order valence-corrected chi connectivity index (χ0v) is 18.8. The van der Waals surface area contributed by atoms with Crippen LogP contribution in [0.3, 0.4) is 0 Å². The number of hydrogen-bond acceptors (Lipinski definition) is 4. The monoisotopic (exact) mass is 425 g/mol. The number of sulfonamides is 1. The van der Waals surface area contributed by atoms with Gasteiger partial charge in [-0.05, 0) is 42.5 Å². The van der Waals surface area contributed by atoms with Crippen molar-refractivity contribution < 1.29 is 22.9 Å². The number of amides is 2. The van der Waals surface area contributed by atoms with E-state index in [1.807, 2.05) is 0 Å².